The van der Waals surface area contributed by atoms with Gasteiger partial charge < -0.3 is 5.73 Å². The Morgan fingerprint density at radius 2 is 2.00 bits per heavy atom. The summed E-state index contributed by atoms with van der Waals surface area (Å²) >= 11 is 0. The summed E-state index contributed by atoms with van der Waals surface area (Å²) in [4.78, 5) is 0. The number of hydrogen-bond donors (Lipinski definition) is 1. The lowest BCUT2D eigenvalue weighted by Crippen LogP contribution is -2.31. The maximum absolute atomic E-state index is 12.6. The van der Waals surface area contributed by atoms with Gasteiger partial charge >= 0.3 is 0 Å². The van der Waals surface area contributed by atoms with Gasteiger partial charge in [-0.2, -0.15) is 0 Å². The lowest BCUT2D eigenvalue weighted by molar-refractivity contribution is -0.0199. The zero-order valence-electron chi connectivity index (χ0n) is 6.16. The van der Waals surface area contributed by atoms with E-state index in [2.05, 4.69) is 0 Å². The monoisotopic (exact) mass is 149 g/mol. The molecule has 0 bridgehead atoms. The molecule has 0 heterocycles. The summed E-state index contributed by atoms with van der Waals surface area (Å²) in [6, 6.07) is 0. The maximum atomic E-state index is 12.6. The van der Waals surface area contributed by atoms with Gasteiger partial charge in [-0.05, 0) is 12.8 Å². The van der Waals surface area contributed by atoms with E-state index in [1.165, 1.54) is 6.92 Å². The van der Waals surface area contributed by atoms with Crippen molar-refractivity contribution >= 4 is 0 Å². The summed E-state index contributed by atoms with van der Waals surface area (Å²) in [5, 5.41) is 0. The van der Waals surface area contributed by atoms with Crippen LogP contribution < -0.4 is 5.73 Å². The van der Waals surface area contributed by atoms with Gasteiger partial charge in [0, 0.05) is 18.4 Å². The molecule has 1 saturated carbocycles. The van der Waals surface area contributed by atoms with Gasteiger partial charge in [-0.3, -0.25) is 0 Å². The highest BCUT2D eigenvalue weighted by atomic mass is 19.3. The largest absolute Gasteiger partial charge is 0.325 e. The minimum Gasteiger partial charge on any atom is -0.325 e. The number of rotatable bonds is 3. The number of nitrogens with two attached hydrogens (primary N) is 1. The van der Waals surface area contributed by atoms with Gasteiger partial charge in [0.05, 0.1) is 0 Å². The molecule has 0 atom stereocenters. The first-order valence-corrected chi connectivity index (χ1v) is 3.64. The fraction of sp³-hybridized carbons (Fsp3) is 1.00. The lowest BCUT2D eigenvalue weighted by Gasteiger charge is -2.17. The van der Waals surface area contributed by atoms with E-state index in [1.54, 1.807) is 0 Å². The van der Waals surface area contributed by atoms with Crippen molar-refractivity contribution in [1.29, 1.82) is 0 Å². The quantitative estimate of drug-likeness (QED) is 0.651. The second kappa shape index (κ2) is 2.16. The van der Waals surface area contributed by atoms with Crippen molar-refractivity contribution in [1.82, 2.24) is 0 Å². The molecule has 0 amide bonds. The number of halogens is 2. The van der Waals surface area contributed by atoms with E-state index >= 15 is 0 Å². The topological polar surface area (TPSA) is 26.0 Å². The molecule has 0 aliphatic heterocycles. The Morgan fingerprint density at radius 1 is 1.50 bits per heavy atom. The molecule has 1 fully saturated rings. The lowest BCUT2D eigenvalue weighted by atomic mass is 10.1. The van der Waals surface area contributed by atoms with Gasteiger partial charge in [0.1, 0.15) is 0 Å². The fourth-order valence-electron chi connectivity index (χ4n) is 0.977. The Bertz CT molecular complexity index is 130. The standard InChI is InChI=1S/C7H13F2N/c1-2-7(8,9)5-6(10)3-4-6/h2-5,10H2,1H3. The van der Waals surface area contributed by atoms with Gasteiger partial charge in [0.25, 0.3) is 0 Å². The molecule has 0 saturated heterocycles. The van der Waals surface area contributed by atoms with Crippen molar-refractivity contribution in [3.63, 3.8) is 0 Å². The second-order valence-corrected chi connectivity index (χ2v) is 3.25. The van der Waals surface area contributed by atoms with Crippen molar-refractivity contribution in [3.05, 3.63) is 0 Å². The Morgan fingerprint density at radius 3 is 2.30 bits per heavy atom. The molecule has 0 aromatic rings. The molecular weight excluding hydrogens is 136 g/mol. The fourth-order valence-corrected chi connectivity index (χ4v) is 0.977. The number of hydrogen-bond acceptors (Lipinski definition) is 1. The second-order valence-electron chi connectivity index (χ2n) is 3.25. The van der Waals surface area contributed by atoms with Crippen LogP contribution in [0.25, 0.3) is 0 Å². The van der Waals surface area contributed by atoms with E-state index in [1.807, 2.05) is 0 Å². The third kappa shape index (κ3) is 1.90. The van der Waals surface area contributed by atoms with Crippen LogP contribution in [-0.2, 0) is 0 Å². The molecule has 0 aromatic carbocycles. The van der Waals surface area contributed by atoms with Crippen molar-refractivity contribution < 1.29 is 8.78 Å². The minimum absolute atomic E-state index is 0.0913. The molecule has 10 heavy (non-hydrogen) atoms. The molecule has 1 aliphatic carbocycles. The van der Waals surface area contributed by atoms with E-state index in [-0.39, 0.29) is 12.8 Å². The molecule has 0 radical (unpaired) electrons. The van der Waals surface area contributed by atoms with Gasteiger partial charge in [-0.25, -0.2) is 8.78 Å². The maximum Gasteiger partial charge on any atom is 0.249 e. The average Bonchev–Trinajstić information content (AvgIpc) is 2.47. The first kappa shape index (κ1) is 7.92. The zero-order valence-corrected chi connectivity index (χ0v) is 6.16. The third-order valence-corrected chi connectivity index (χ3v) is 2.02. The van der Waals surface area contributed by atoms with Crippen molar-refractivity contribution in [3.8, 4) is 0 Å². The summed E-state index contributed by atoms with van der Waals surface area (Å²) < 4.78 is 25.2. The van der Waals surface area contributed by atoms with Crippen LogP contribution in [0, 0.1) is 0 Å². The Hall–Kier alpha value is -0.180. The summed E-state index contributed by atoms with van der Waals surface area (Å²) in [6.07, 6.45) is 1.31. The first-order valence-electron chi connectivity index (χ1n) is 3.64. The van der Waals surface area contributed by atoms with Gasteiger partial charge in [0.2, 0.25) is 5.92 Å². The van der Waals surface area contributed by atoms with Crippen molar-refractivity contribution in [2.24, 2.45) is 5.73 Å². The highest BCUT2D eigenvalue weighted by Gasteiger charge is 2.46. The van der Waals surface area contributed by atoms with E-state index in [4.69, 9.17) is 5.73 Å². The van der Waals surface area contributed by atoms with E-state index in [0.29, 0.717) is 0 Å². The van der Waals surface area contributed by atoms with Crippen LogP contribution in [0.2, 0.25) is 0 Å². The van der Waals surface area contributed by atoms with Gasteiger partial charge in [-0.1, -0.05) is 6.92 Å². The highest BCUT2D eigenvalue weighted by Crippen LogP contribution is 2.42. The van der Waals surface area contributed by atoms with E-state index in [0.717, 1.165) is 12.8 Å². The minimum atomic E-state index is -2.54. The van der Waals surface area contributed by atoms with Crippen LogP contribution in [0.3, 0.4) is 0 Å². The van der Waals surface area contributed by atoms with Gasteiger partial charge in [0.15, 0.2) is 0 Å². The summed E-state index contributed by atoms with van der Waals surface area (Å²) in [7, 11) is 0. The summed E-state index contributed by atoms with van der Waals surface area (Å²) in [6.45, 7) is 1.49. The normalized spacial score (nSPS) is 22.8. The highest BCUT2D eigenvalue weighted by molar-refractivity contribution is 5.01. The van der Waals surface area contributed by atoms with Crippen LogP contribution in [0.5, 0.6) is 0 Å². The molecular formula is C7H13F2N. The van der Waals surface area contributed by atoms with Gasteiger partial charge in [-0.15, -0.1) is 0 Å². The molecule has 0 aromatic heterocycles. The SMILES string of the molecule is CCC(F)(F)CC1(N)CC1. The summed E-state index contributed by atoms with van der Waals surface area (Å²) in [5.74, 6) is -2.54. The zero-order chi connectivity index (χ0) is 7.83. The number of alkyl halides is 2. The predicted octanol–water partition coefficient (Wildman–Crippen LogP) is 1.91. The molecule has 2 N–H and O–H groups in total. The smallest absolute Gasteiger partial charge is 0.249 e. The third-order valence-electron chi connectivity index (χ3n) is 2.02. The Labute approximate surface area is 59.6 Å². The Balaban J connectivity index is 2.36. The van der Waals surface area contributed by atoms with E-state index in [9.17, 15) is 8.78 Å². The van der Waals surface area contributed by atoms with Crippen molar-refractivity contribution in [2.75, 3.05) is 0 Å². The molecule has 1 aliphatic rings. The van der Waals surface area contributed by atoms with Crippen LogP contribution >= 0.6 is 0 Å². The molecule has 60 valence electrons. The van der Waals surface area contributed by atoms with Crippen LogP contribution in [0.4, 0.5) is 8.78 Å². The van der Waals surface area contributed by atoms with Crippen LogP contribution in [0.1, 0.15) is 32.6 Å². The molecule has 1 rings (SSSR count). The first-order chi connectivity index (χ1) is 4.47. The summed E-state index contributed by atoms with van der Waals surface area (Å²) in [5.41, 5.74) is 5.01. The molecule has 3 heteroatoms. The van der Waals surface area contributed by atoms with E-state index < -0.39 is 11.5 Å². The predicted molar refractivity (Wildman–Crippen MR) is 36.0 cm³/mol. The molecule has 1 nitrogen and oxygen atoms in total. The molecule has 0 unspecified atom stereocenters. The van der Waals surface area contributed by atoms with Crippen molar-refractivity contribution in [2.45, 2.75) is 44.1 Å². The molecule has 0 spiro atoms. The van der Waals surface area contributed by atoms with Crippen LogP contribution in [-0.4, -0.2) is 11.5 Å². The van der Waals surface area contributed by atoms with Crippen LogP contribution in [0.15, 0.2) is 0 Å². The Kier molecular flexibility index (Phi) is 1.71. The average molecular weight is 149 g/mol.